The maximum Gasteiger partial charge on any atom is 0.205 e. The fourth-order valence-electron chi connectivity index (χ4n) is 1.05. The molecule has 5 nitrogen and oxygen atoms in total. The molecular formula is C8H10IN5. The van der Waals surface area contributed by atoms with Crippen molar-refractivity contribution in [2.24, 2.45) is 14.1 Å². The summed E-state index contributed by atoms with van der Waals surface area (Å²) >= 11 is 0. The molecule has 0 atom stereocenters. The molecule has 0 radical (unpaired) electrons. The zero-order chi connectivity index (χ0) is 9.26. The van der Waals surface area contributed by atoms with Gasteiger partial charge in [0.05, 0.1) is 7.05 Å². The van der Waals surface area contributed by atoms with Crippen molar-refractivity contribution in [3.8, 4) is 11.4 Å². The molecule has 14 heavy (non-hydrogen) atoms. The molecule has 2 aromatic rings. The van der Waals surface area contributed by atoms with Crippen LogP contribution in [-0.2, 0) is 14.1 Å². The minimum atomic E-state index is 0. The van der Waals surface area contributed by atoms with Gasteiger partial charge in [0, 0.05) is 17.7 Å². The Kier molecular flexibility index (Phi) is 3.50. The Morgan fingerprint density at radius 3 is 2.43 bits per heavy atom. The quantitative estimate of drug-likeness (QED) is 0.410. The van der Waals surface area contributed by atoms with E-state index >= 15 is 0 Å². The highest BCUT2D eigenvalue weighted by Gasteiger charge is 2.04. The number of aryl methyl sites for hydroxylation is 2. The Morgan fingerprint density at radius 2 is 1.93 bits per heavy atom. The molecule has 74 valence electrons. The molecule has 0 aliphatic heterocycles. The lowest BCUT2D eigenvalue weighted by atomic mass is 10.2. The highest BCUT2D eigenvalue weighted by molar-refractivity contribution is 5.51. The molecule has 0 aliphatic carbocycles. The van der Waals surface area contributed by atoms with E-state index in [-0.39, 0.29) is 24.0 Å². The summed E-state index contributed by atoms with van der Waals surface area (Å²) in [6, 6.07) is 3.91. The Bertz CT molecular complexity index is 408. The average Bonchev–Trinajstić information content (AvgIpc) is 2.53. The number of halogens is 1. The molecule has 0 aliphatic rings. The average molecular weight is 303 g/mol. The van der Waals surface area contributed by atoms with Crippen LogP contribution in [0.3, 0.4) is 0 Å². The van der Waals surface area contributed by atoms with Gasteiger partial charge in [0.1, 0.15) is 7.05 Å². The molecule has 0 saturated heterocycles. The largest absolute Gasteiger partial charge is 1.00 e. The molecule has 2 heterocycles. The lowest BCUT2D eigenvalue weighted by Gasteiger charge is -1.90. The Morgan fingerprint density at radius 1 is 1.29 bits per heavy atom. The van der Waals surface area contributed by atoms with E-state index in [4.69, 9.17) is 0 Å². The summed E-state index contributed by atoms with van der Waals surface area (Å²) in [6.07, 6.45) is 3.90. The van der Waals surface area contributed by atoms with Crippen molar-refractivity contribution in [2.75, 3.05) is 0 Å². The van der Waals surface area contributed by atoms with E-state index in [9.17, 15) is 0 Å². The predicted octanol–water partition coefficient (Wildman–Crippen LogP) is -3.29. The maximum atomic E-state index is 4.10. The summed E-state index contributed by atoms with van der Waals surface area (Å²) in [4.78, 5) is 1.45. The molecule has 2 rings (SSSR count). The molecule has 6 heteroatoms. The van der Waals surface area contributed by atoms with Crippen molar-refractivity contribution in [1.82, 2.24) is 20.2 Å². The topological polar surface area (TPSA) is 47.5 Å². The zero-order valence-electron chi connectivity index (χ0n) is 7.92. The molecule has 0 bridgehead atoms. The number of hydrogen-bond donors (Lipinski definition) is 0. The van der Waals surface area contributed by atoms with Gasteiger partial charge in [-0.15, -0.1) is 10.2 Å². The Labute approximate surface area is 98.8 Å². The van der Waals surface area contributed by atoms with Crippen LogP contribution in [0.25, 0.3) is 11.4 Å². The van der Waals surface area contributed by atoms with Gasteiger partial charge in [-0.2, -0.15) is 4.80 Å². The van der Waals surface area contributed by atoms with Crippen LogP contribution in [0.4, 0.5) is 0 Å². The molecule has 0 saturated carbocycles. The first-order valence-corrected chi connectivity index (χ1v) is 3.95. The highest BCUT2D eigenvalue weighted by atomic mass is 127. The van der Waals surface area contributed by atoms with E-state index in [0.717, 1.165) is 5.56 Å². The smallest absolute Gasteiger partial charge is 0.205 e. The minimum Gasteiger partial charge on any atom is -1.00 e. The number of pyridine rings is 1. The summed E-state index contributed by atoms with van der Waals surface area (Å²) in [7, 11) is 3.72. The van der Waals surface area contributed by atoms with E-state index in [1.54, 1.807) is 7.05 Å². The third-order valence-electron chi connectivity index (χ3n) is 1.74. The van der Waals surface area contributed by atoms with Crippen LogP contribution < -0.4 is 28.5 Å². The lowest BCUT2D eigenvalue weighted by molar-refractivity contribution is -0.671. The fraction of sp³-hybridized carbons (Fsp3) is 0.250. The van der Waals surface area contributed by atoms with Crippen molar-refractivity contribution in [3.63, 3.8) is 0 Å². The maximum absolute atomic E-state index is 4.10. The van der Waals surface area contributed by atoms with Crippen LogP contribution in [-0.4, -0.2) is 20.2 Å². The standard InChI is InChI=1S/C8H10N5.HI/c1-12-5-3-7(4-6-12)8-9-11-13(2)10-8;/h3-6H,1-2H3;1H/q+1;/p-1. The van der Waals surface area contributed by atoms with Crippen molar-refractivity contribution < 1.29 is 28.5 Å². The van der Waals surface area contributed by atoms with Crippen LogP contribution in [0.2, 0.25) is 0 Å². The molecule has 2 aromatic heterocycles. The van der Waals surface area contributed by atoms with Crippen molar-refractivity contribution in [3.05, 3.63) is 24.5 Å². The van der Waals surface area contributed by atoms with Crippen LogP contribution in [0.1, 0.15) is 0 Å². The van der Waals surface area contributed by atoms with Crippen LogP contribution in [0.5, 0.6) is 0 Å². The third-order valence-corrected chi connectivity index (χ3v) is 1.74. The minimum absolute atomic E-state index is 0. The number of aromatic nitrogens is 5. The van der Waals surface area contributed by atoms with Gasteiger partial charge in [-0.3, -0.25) is 0 Å². The Balaban J connectivity index is 0.000000980. The van der Waals surface area contributed by atoms with Gasteiger partial charge in [-0.1, -0.05) is 0 Å². The molecule has 0 unspecified atom stereocenters. The first-order chi connectivity index (χ1) is 6.25. The molecule has 0 fully saturated rings. The summed E-state index contributed by atoms with van der Waals surface area (Å²) < 4.78 is 1.96. The van der Waals surface area contributed by atoms with E-state index in [0.29, 0.717) is 5.82 Å². The lowest BCUT2D eigenvalue weighted by Crippen LogP contribution is -3.00. The van der Waals surface area contributed by atoms with Gasteiger partial charge >= 0.3 is 0 Å². The number of nitrogens with zero attached hydrogens (tertiary/aromatic N) is 5. The summed E-state index contributed by atoms with van der Waals surface area (Å²) in [5.74, 6) is 0.656. The van der Waals surface area contributed by atoms with Crippen molar-refractivity contribution >= 4 is 0 Å². The Hall–Kier alpha value is -1.05. The van der Waals surface area contributed by atoms with Gasteiger partial charge in [0.25, 0.3) is 0 Å². The van der Waals surface area contributed by atoms with Crippen LogP contribution >= 0.6 is 0 Å². The van der Waals surface area contributed by atoms with E-state index in [1.165, 1.54) is 4.80 Å². The molecule has 0 N–H and O–H groups in total. The summed E-state index contributed by atoms with van der Waals surface area (Å²) in [5, 5.41) is 11.8. The summed E-state index contributed by atoms with van der Waals surface area (Å²) in [5.41, 5.74) is 0.978. The first-order valence-electron chi connectivity index (χ1n) is 3.95. The normalized spacial score (nSPS) is 9.57. The van der Waals surface area contributed by atoms with E-state index in [1.807, 2.05) is 36.1 Å². The van der Waals surface area contributed by atoms with Gasteiger partial charge in [0.15, 0.2) is 12.4 Å². The summed E-state index contributed by atoms with van der Waals surface area (Å²) in [6.45, 7) is 0. The molecular weight excluding hydrogens is 293 g/mol. The van der Waals surface area contributed by atoms with E-state index < -0.39 is 0 Å². The monoisotopic (exact) mass is 303 g/mol. The second kappa shape index (κ2) is 4.45. The molecule has 0 spiro atoms. The SMILES string of the molecule is Cn1nnc(-c2cc[n+](C)cc2)n1.[I-]. The number of hydrogen-bond acceptors (Lipinski definition) is 3. The van der Waals surface area contributed by atoms with Gasteiger partial charge in [-0.25, -0.2) is 4.57 Å². The molecule has 0 aromatic carbocycles. The van der Waals surface area contributed by atoms with Crippen LogP contribution in [0, 0.1) is 0 Å². The van der Waals surface area contributed by atoms with E-state index in [2.05, 4.69) is 15.4 Å². The second-order valence-corrected chi connectivity index (χ2v) is 2.85. The van der Waals surface area contributed by atoms with Crippen LogP contribution in [0.15, 0.2) is 24.5 Å². The van der Waals surface area contributed by atoms with Gasteiger partial charge in [0.2, 0.25) is 5.82 Å². The molecule has 0 amide bonds. The highest BCUT2D eigenvalue weighted by Crippen LogP contribution is 2.09. The number of rotatable bonds is 1. The third kappa shape index (κ3) is 2.25. The predicted molar refractivity (Wildman–Crippen MR) is 45.4 cm³/mol. The van der Waals surface area contributed by atoms with Gasteiger partial charge < -0.3 is 24.0 Å². The van der Waals surface area contributed by atoms with Crippen molar-refractivity contribution in [1.29, 1.82) is 0 Å². The number of tetrazole rings is 1. The first kappa shape index (κ1) is 11.0. The van der Waals surface area contributed by atoms with Crippen molar-refractivity contribution in [2.45, 2.75) is 0 Å². The zero-order valence-corrected chi connectivity index (χ0v) is 10.1. The van der Waals surface area contributed by atoms with Gasteiger partial charge in [-0.05, 0) is 5.21 Å². The second-order valence-electron chi connectivity index (χ2n) is 2.85. The fourth-order valence-corrected chi connectivity index (χ4v) is 1.05.